The van der Waals surface area contributed by atoms with Crippen LogP contribution in [0.3, 0.4) is 0 Å². The molecule has 1 aromatic carbocycles. The second kappa shape index (κ2) is 6.44. The molecular weight excluding hydrogens is 321 g/mol. The summed E-state index contributed by atoms with van der Waals surface area (Å²) in [5, 5.41) is 12.2. The maximum Gasteiger partial charge on any atom is 0.232 e. The van der Waals surface area contributed by atoms with Gasteiger partial charge < -0.3 is 14.2 Å². The highest BCUT2D eigenvalue weighted by Crippen LogP contribution is 2.28. The number of nitrogens with zero attached hydrogens (tertiary/aromatic N) is 2. The van der Waals surface area contributed by atoms with Crippen LogP contribution in [0.4, 0.5) is 10.3 Å². The fraction of sp³-hybridized carbons (Fsp3) is 0.263. The van der Waals surface area contributed by atoms with Gasteiger partial charge in [-0.2, -0.15) is 10.2 Å². The minimum absolute atomic E-state index is 0.200. The number of hydrogen-bond acceptors (Lipinski definition) is 5. The third-order valence-electron chi connectivity index (χ3n) is 3.60. The van der Waals surface area contributed by atoms with Crippen LogP contribution < -0.4 is 5.32 Å². The summed E-state index contributed by atoms with van der Waals surface area (Å²) in [6.45, 7) is 6.16. The van der Waals surface area contributed by atoms with Gasteiger partial charge in [0.1, 0.15) is 23.4 Å². The quantitative estimate of drug-likeness (QED) is 0.735. The topological polar surface area (TPSA) is 75.0 Å². The standard InChI is InChI=1S/C19H18FN3O2/c1-19(2,3)18-23-15(10-21)17(25-18)22-11-12-8-9-16(24-12)13-6-4-5-7-14(13)20/h4-9,22H,11H2,1-3H3. The van der Waals surface area contributed by atoms with Crippen molar-refractivity contribution in [1.82, 2.24) is 4.98 Å². The van der Waals surface area contributed by atoms with Crippen LogP contribution in [-0.2, 0) is 12.0 Å². The maximum absolute atomic E-state index is 13.8. The van der Waals surface area contributed by atoms with Gasteiger partial charge in [-0.25, -0.2) is 4.39 Å². The Labute approximate surface area is 145 Å². The van der Waals surface area contributed by atoms with Gasteiger partial charge in [0.25, 0.3) is 0 Å². The minimum Gasteiger partial charge on any atom is -0.459 e. The summed E-state index contributed by atoms with van der Waals surface area (Å²) in [6, 6.07) is 11.9. The molecule has 0 aliphatic rings. The number of rotatable bonds is 4. The molecule has 128 valence electrons. The molecule has 0 unspecified atom stereocenters. The summed E-state index contributed by atoms with van der Waals surface area (Å²) in [7, 11) is 0. The average molecular weight is 339 g/mol. The number of aromatic nitrogens is 1. The molecule has 25 heavy (non-hydrogen) atoms. The zero-order chi connectivity index (χ0) is 18.0. The van der Waals surface area contributed by atoms with E-state index in [2.05, 4.69) is 10.3 Å². The number of benzene rings is 1. The van der Waals surface area contributed by atoms with Crippen molar-refractivity contribution in [3.05, 3.63) is 59.6 Å². The molecule has 0 amide bonds. The molecule has 0 spiro atoms. The second-order valence-corrected chi connectivity index (χ2v) is 6.66. The van der Waals surface area contributed by atoms with E-state index >= 15 is 0 Å². The molecule has 5 nitrogen and oxygen atoms in total. The molecule has 0 atom stereocenters. The highest BCUT2D eigenvalue weighted by Gasteiger charge is 2.24. The summed E-state index contributed by atoms with van der Waals surface area (Å²) in [5.41, 5.74) is 0.306. The number of nitriles is 1. The lowest BCUT2D eigenvalue weighted by molar-refractivity contribution is 0.398. The van der Waals surface area contributed by atoms with Gasteiger partial charge in [-0.1, -0.05) is 32.9 Å². The summed E-state index contributed by atoms with van der Waals surface area (Å²) >= 11 is 0. The Morgan fingerprint density at radius 1 is 1.16 bits per heavy atom. The number of nitrogens with one attached hydrogen (secondary N) is 1. The molecule has 0 aliphatic heterocycles. The first kappa shape index (κ1) is 16.8. The molecule has 0 aliphatic carbocycles. The van der Waals surface area contributed by atoms with E-state index in [0.717, 1.165) is 0 Å². The zero-order valence-electron chi connectivity index (χ0n) is 14.3. The maximum atomic E-state index is 13.8. The van der Waals surface area contributed by atoms with Gasteiger partial charge in [0.05, 0.1) is 12.1 Å². The number of oxazole rings is 1. The van der Waals surface area contributed by atoms with Crippen LogP contribution in [0.15, 0.2) is 45.2 Å². The molecule has 2 aromatic heterocycles. The molecule has 1 N–H and O–H groups in total. The third kappa shape index (κ3) is 3.56. The van der Waals surface area contributed by atoms with Gasteiger partial charge in [-0.15, -0.1) is 0 Å². The van der Waals surface area contributed by atoms with Gasteiger partial charge in [0, 0.05) is 5.41 Å². The lowest BCUT2D eigenvalue weighted by atomic mass is 9.97. The van der Waals surface area contributed by atoms with Gasteiger partial charge in [0.2, 0.25) is 17.5 Å². The van der Waals surface area contributed by atoms with Crippen molar-refractivity contribution in [3.8, 4) is 17.4 Å². The Morgan fingerprint density at radius 2 is 1.92 bits per heavy atom. The molecule has 2 heterocycles. The molecule has 0 bridgehead atoms. The van der Waals surface area contributed by atoms with Crippen LogP contribution >= 0.6 is 0 Å². The Hall–Kier alpha value is -3.07. The second-order valence-electron chi connectivity index (χ2n) is 6.66. The first-order chi connectivity index (χ1) is 11.9. The number of anilines is 1. The van der Waals surface area contributed by atoms with E-state index in [1.54, 1.807) is 30.3 Å². The molecule has 0 radical (unpaired) electrons. The molecule has 0 saturated heterocycles. The normalized spacial score (nSPS) is 11.3. The van der Waals surface area contributed by atoms with Crippen LogP contribution in [0.1, 0.15) is 38.1 Å². The van der Waals surface area contributed by atoms with Crippen LogP contribution in [0.25, 0.3) is 11.3 Å². The van der Waals surface area contributed by atoms with Gasteiger partial charge in [-0.3, -0.25) is 0 Å². The van der Waals surface area contributed by atoms with Crippen molar-refractivity contribution in [2.24, 2.45) is 0 Å². The number of halogens is 1. The number of hydrogen-bond donors (Lipinski definition) is 1. The fourth-order valence-electron chi connectivity index (χ4n) is 2.28. The van der Waals surface area contributed by atoms with E-state index in [1.165, 1.54) is 6.07 Å². The summed E-state index contributed by atoms with van der Waals surface area (Å²) in [5.74, 6) is 1.49. The highest BCUT2D eigenvalue weighted by atomic mass is 19.1. The van der Waals surface area contributed by atoms with E-state index in [-0.39, 0.29) is 16.9 Å². The lowest BCUT2D eigenvalue weighted by Gasteiger charge is -2.11. The van der Waals surface area contributed by atoms with E-state index in [9.17, 15) is 9.65 Å². The van der Waals surface area contributed by atoms with E-state index < -0.39 is 0 Å². The number of furan rings is 1. The van der Waals surface area contributed by atoms with Gasteiger partial charge >= 0.3 is 0 Å². The van der Waals surface area contributed by atoms with Crippen LogP contribution in [-0.4, -0.2) is 4.98 Å². The first-order valence-electron chi connectivity index (χ1n) is 7.87. The predicted octanol–water partition coefficient (Wildman–Crippen LogP) is 4.85. The fourth-order valence-corrected chi connectivity index (χ4v) is 2.28. The van der Waals surface area contributed by atoms with Crippen molar-refractivity contribution in [1.29, 1.82) is 5.26 Å². The molecule has 6 heteroatoms. The van der Waals surface area contributed by atoms with Crippen LogP contribution in [0.2, 0.25) is 0 Å². The smallest absolute Gasteiger partial charge is 0.232 e. The van der Waals surface area contributed by atoms with E-state index in [1.807, 2.05) is 26.8 Å². The molecule has 0 fully saturated rings. The molecular formula is C19H18FN3O2. The Morgan fingerprint density at radius 3 is 2.60 bits per heavy atom. The van der Waals surface area contributed by atoms with Crippen molar-refractivity contribution < 1.29 is 13.2 Å². The van der Waals surface area contributed by atoms with E-state index in [4.69, 9.17) is 8.83 Å². The monoisotopic (exact) mass is 339 g/mol. The van der Waals surface area contributed by atoms with Gasteiger partial charge in [-0.05, 0) is 24.3 Å². The highest BCUT2D eigenvalue weighted by molar-refractivity contribution is 5.58. The van der Waals surface area contributed by atoms with Crippen molar-refractivity contribution in [2.45, 2.75) is 32.7 Å². The Balaban J connectivity index is 1.76. The molecule has 3 rings (SSSR count). The van der Waals surface area contributed by atoms with E-state index in [0.29, 0.717) is 35.4 Å². The summed E-state index contributed by atoms with van der Waals surface area (Å²) in [4.78, 5) is 4.21. The predicted molar refractivity (Wildman–Crippen MR) is 91.3 cm³/mol. The summed E-state index contributed by atoms with van der Waals surface area (Å²) in [6.07, 6.45) is 0. The largest absolute Gasteiger partial charge is 0.459 e. The van der Waals surface area contributed by atoms with Crippen molar-refractivity contribution in [3.63, 3.8) is 0 Å². The average Bonchev–Trinajstić information content (AvgIpc) is 3.19. The lowest BCUT2D eigenvalue weighted by Crippen LogP contribution is -2.11. The molecule has 3 aromatic rings. The first-order valence-corrected chi connectivity index (χ1v) is 7.87. The van der Waals surface area contributed by atoms with Crippen LogP contribution in [0, 0.1) is 17.1 Å². The van der Waals surface area contributed by atoms with Crippen LogP contribution in [0.5, 0.6) is 0 Å². The SMILES string of the molecule is CC(C)(C)c1nc(C#N)c(NCc2ccc(-c3ccccc3F)o2)o1. The zero-order valence-corrected chi connectivity index (χ0v) is 14.3. The third-order valence-corrected chi connectivity index (χ3v) is 3.60. The van der Waals surface area contributed by atoms with Crippen molar-refractivity contribution in [2.75, 3.05) is 5.32 Å². The van der Waals surface area contributed by atoms with Crippen molar-refractivity contribution >= 4 is 5.88 Å². The van der Waals surface area contributed by atoms with Gasteiger partial charge in [0.15, 0.2) is 0 Å². The Kier molecular flexibility index (Phi) is 4.32. The Bertz CT molecular complexity index is 929. The summed E-state index contributed by atoms with van der Waals surface area (Å²) < 4.78 is 25.1. The molecule has 0 saturated carbocycles. The minimum atomic E-state index is -0.340.